The number of para-hydroxylation sites is 2. The Labute approximate surface area is 147 Å². The number of amides is 3. The van der Waals surface area contributed by atoms with Gasteiger partial charge in [0.2, 0.25) is 5.91 Å². The molecule has 5 heteroatoms. The summed E-state index contributed by atoms with van der Waals surface area (Å²) in [7, 11) is 0. The lowest BCUT2D eigenvalue weighted by Gasteiger charge is -2.39. The molecule has 5 nitrogen and oxygen atoms in total. The fourth-order valence-electron chi connectivity index (χ4n) is 3.92. The maximum atomic E-state index is 12.8. The van der Waals surface area contributed by atoms with Crippen molar-refractivity contribution in [1.29, 1.82) is 0 Å². The molecule has 3 amide bonds. The Morgan fingerprint density at radius 2 is 1.92 bits per heavy atom. The van der Waals surface area contributed by atoms with Crippen molar-refractivity contribution < 1.29 is 9.59 Å². The Morgan fingerprint density at radius 1 is 1.16 bits per heavy atom. The van der Waals surface area contributed by atoms with Crippen molar-refractivity contribution >= 4 is 23.3 Å². The number of aryl methyl sites for hydroxylation is 1. The summed E-state index contributed by atoms with van der Waals surface area (Å²) in [6.07, 6.45) is 1.58. The number of carbonyl (C=O) groups excluding carboxylic acids is 2. The fourth-order valence-corrected chi connectivity index (χ4v) is 3.92. The van der Waals surface area contributed by atoms with Gasteiger partial charge in [-0.25, -0.2) is 4.79 Å². The predicted octanol–water partition coefficient (Wildman–Crippen LogP) is 3.51. The number of hydrogen-bond acceptors (Lipinski definition) is 2. The Hall–Kier alpha value is -2.82. The number of anilines is 2. The third kappa shape index (κ3) is 2.56. The SMILES string of the molecule is Cc1ccccc1NC(=O)N1CCCC2(C1)C(=O)Nc1ccccc12. The van der Waals surface area contributed by atoms with Gasteiger partial charge in [-0.3, -0.25) is 4.79 Å². The van der Waals surface area contributed by atoms with Gasteiger partial charge in [-0.2, -0.15) is 0 Å². The molecule has 2 aliphatic heterocycles. The molecule has 2 aromatic rings. The van der Waals surface area contributed by atoms with E-state index in [-0.39, 0.29) is 11.9 Å². The highest BCUT2D eigenvalue weighted by Crippen LogP contribution is 2.43. The molecule has 1 spiro atoms. The zero-order valence-corrected chi connectivity index (χ0v) is 14.2. The molecule has 4 rings (SSSR count). The number of benzene rings is 2. The molecule has 1 atom stereocenters. The molecule has 0 radical (unpaired) electrons. The predicted molar refractivity (Wildman–Crippen MR) is 97.8 cm³/mol. The Bertz CT molecular complexity index is 848. The minimum absolute atomic E-state index is 0.00194. The lowest BCUT2D eigenvalue weighted by Crippen LogP contribution is -2.52. The molecule has 0 aliphatic carbocycles. The average Bonchev–Trinajstić information content (AvgIpc) is 2.89. The molecule has 2 heterocycles. The smallest absolute Gasteiger partial charge is 0.321 e. The maximum absolute atomic E-state index is 12.8. The van der Waals surface area contributed by atoms with Crippen LogP contribution < -0.4 is 10.6 Å². The van der Waals surface area contributed by atoms with Gasteiger partial charge in [-0.15, -0.1) is 0 Å². The lowest BCUT2D eigenvalue weighted by molar-refractivity contribution is -0.122. The molecule has 0 bridgehead atoms. The van der Waals surface area contributed by atoms with E-state index in [1.165, 1.54) is 0 Å². The van der Waals surface area contributed by atoms with Crippen molar-refractivity contribution in [1.82, 2.24) is 4.90 Å². The summed E-state index contributed by atoms with van der Waals surface area (Å²) in [4.78, 5) is 27.2. The van der Waals surface area contributed by atoms with Crippen LogP contribution in [0, 0.1) is 6.92 Å². The quantitative estimate of drug-likeness (QED) is 0.838. The number of fused-ring (bicyclic) bond motifs is 2. The first-order valence-electron chi connectivity index (χ1n) is 8.63. The number of likely N-dealkylation sites (tertiary alicyclic amines) is 1. The van der Waals surface area contributed by atoms with Crippen molar-refractivity contribution in [2.45, 2.75) is 25.2 Å². The van der Waals surface area contributed by atoms with Crippen molar-refractivity contribution in [2.75, 3.05) is 23.7 Å². The summed E-state index contributed by atoms with van der Waals surface area (Å²) < 4.78 is 0. The van der Waals surface area contributed by atoms with Crippen LogP contribution >= 0.6 is 0 Å². The lowest BCUT2D eigenvalue weighted by atomic mass is 9.75. The van der Waals surface area contributed by atoms with Crippen LogP contribution in [0.25, 0.3) is 0 Å². The van der Waals surface area contributed by atoms with Crippen LogP contribution in [0.2, 0.25) is 0 Å². The van der Waals surface area contributed by atoms with E-state index in [9.17, 15) is 9.59 Å². The summed E-state index contributed by atoms with van der Waals surface area (Å²) >= 11 is 0. The molecular formula is C20H21N3O2. The molecule has 1 fully saturated rings. The van der Waals surface area contributed by atoms with Crippen LogP contribution in [0.1, 0.15) is 24.0 Å². The minimum atomic E-state index is -0.627. The van der Waals surface area contributed by atoms with Gasteiger partial charge in [0, 0.05) is 24.5 Å². The van der Waals surface area contributed by atoms with Gasteiger partial charge in [-0.05, 0) is 43.0 Å². The van der Waals surface area contributed by atoms with Crippen molar-refractivity contribution in [3.05, 3.63) is 59.7 Å². The van der Waals surface area contributed by atoms with Gasteiger partial charge >= 0.3 is 6.03 Å². The summed E-state index contributed by atoms with van der Waals surface area (Å²) in [6.45, 7) is 3.04. The second-order valence-electron chi connectivity index (χ2n) is 6.85. The number of nitrogens with zero attached hydrogens (tertiary/aromatic N) is 1. The first kappa shape index (κ1) is 15.7. The highest BCUT2D eigenvalue weighted by Gasteiger charge is 2.49. The van der Waals surface area contributed by atoms with E-state index < -0.39 is 5.41 Å². The van der Waals surface area contributed by atoms with Crippen molar-refractivity contribution in [2.24, 2.45) is 0 Å². The monoisotopic (exact) mass is 335 g/mol. The molecule has 1 unspecified atom stereocenters. The van der Waals surface area contributed by atoms with E-state index in [1.807, 2.05) is 55.5 Å². The zero-order valence-electron chi connectivity index (χ0n) is 14.2. The molecule has 2 N–H and O–H groups in total. The van der Waals surface area contributed by atoms with E-state index in [2.05, 4.69) is 10.6 Å². The van der Waals surface area contributed by atoms with Gasteiger partial charge < -0.3 is 15.5 Å². The van der Waals surface area contributed by atoms with Gasteiger partial charge in [0.05, 0.1) is 5.41 Å². The average molecular weight is 335 g/mol. The summed E-state index contributed by atoms with van der Waals surface area (Å²) in [5, 5.41) is 5.96. The standard InChI is InChI=1S/C20H21N3O2/c1-14-7-2-4-9-16(14)22-19(25)23-12-6-11-20(13-23)15-8-3-5-10-17(15)21-18(20)24/h2-5,7-10H,6,11-13H2,1H3,(H,21,24)(H,22,25). The van der Waals surface area contributed by atoms with Crippen LogP contribution in [-0.4, -0.2) is 29.9 Å². The molecule has 2 aliphatic rings. The summed E-state index contributed by atoms with van der Waals surface area (Å²) in [5.74, 6) is 0.00194. The minimum Gasteiger partial charge on any atom is -0.325 e. The normalized spacial score (nSPS) is 21.8. The fraction of sp³-hybridized carbons (Fsp3) is 0.300. The highest BCUT2D eigenvalue weighted by atomic mass is 16.2. The van der Waals surface area contributed by atoms with E-state index in [4.69, 9.17) is 0 Å². The zero-order chi connectivity index (χ0) is 17.4. The molecule has 0 aromatic heterocycles. The number of urea groups is 1. The third-order valence-corrected chi connectivity index (χ3v) is 5.29. The van der Waals surface area contributed by atoms with Gasteiger partial charge in [0.25, 0.3) is 0 Å². The Balaban J connectivity index is 1.58. The van der Waals surface area contributed by atoms with Gasteiger partial charge in [-0.1, -0.05) is 36.4 Å². The van der Waals surface area contributed by atoms with Crippen LogP contribution in [0.15, 0.2) is 48.5 Å². The van der Waals surface area contributed by atoms with E-state index in [0.717, 1.165) is 35.3 Å². The van der Waals surface area contributed by atoms with Crippen LogP contribution in [0.3, 0.4) is 0 Å². The molecular weight excluding hydrogens is 314 g/mol. The second-order valence-corrected chi connectivity index (χ2v) is 6.85. The molecule has 25 heavy (non-hydrogen) atoms. The summed E-state index contributed by atoms with van der Waals surface area (Å²) in [6, 6.07) is 15.4. The Morgan fingerprint density at radius 3 is 2.76 bits per heavy atom. The number of rotatable bonds is 1. The van der Waals surface area contributed by atoms with Crippen LogP contribution in [-0.2, 0) is 10.2 Å². The van der Waals surface area contributed by atoms with Gasteiger partial charge in [0.1, 0.15) is 0 Å². The Kier molecular flexibility index (Phi) is 3.71. The van der Waals surface area contributed by atoms with E-state index in [1.54, 1.807) is 4.90 Å². The number of carbonyl (C=O) groups is 2. The van der Waals surface area contributed by atoms with Crippen LogP contribution in [0.5, 0.6) is 0 Å². The van der Waals surface area contributed by atoms with E-state index in [0.29, 0.717) is 13.1 Å². The van der Waals surface area contributed by atoms with Crippen molar-refractivity contribution in [3.63, 3.8) is 0 Å². The first-order chi connectivity index (χ1) is 12.1. The molecule has 2 aromatic carbocycles. The molecule has 0 saturated carbocycles. The van der Waals surface area contributed by atoms with Crippen LogP contribution in [0.4, 0.5) is 16.2 Å². The summed E-state index contributed by atoms with van der Waals surface area (Å²) in [5.41, 5.74) is 3.08. The second kappa shape index (κ2) is 5.92. The van der Waals surface area contributed by atoms with E-state index >= 15 is 0 Å². The molecule has 1 saturated heterocycles. The topological polar surface area (TPSA) is 61.4 Å². The number of hydrogen-bond donors (Lipinski definition) is 2. The third-order valence-electron chi connectivity index (χ3n) is 5.29. The highest BCUT2D eigenvalue weighted by molar-refractivity contribution is 6.07. The van der Waals surface area contributed by atoms with Crippen molar-refractivity contribution in [3.8, 4) is 0 Å². The number of nitrogens with one attached hydrogen (secondary N) is 2. The first-order valence-corrected chi connectivity index (χ1v) is 8.63. The maximum Gasteiger partial charge on any atom is 0.321 e. The molecule has 128 valence electrons. The van der Waals surface area contributed by atoms with Gasteiger partial charge in [0.15, 0.2) is 0 Å². The largest absolute Gasteiger partial charge is 0.325 e. The number of piperidine rings is 1.